The molecule has 0 atom stereocenters. The molecule has 10 rings (SSSR count). The molecule has 0 saturated heterocycles. The smallest absolute Gasteiger partial charge is 0.0547 e. The van der Waals surface area contributed by atoms with Gasteiger partial charge in [-0.15, -0.1) is 0 Å². The van der Waals surface area contributed by atoms with E-state index >= 15 is 0 Å². The zero-order valence-corrected chi connectivity index (χ0v) is 26.7. The SMILES string of the molecule is C1=C(c2ccc3c4ccccc4n(-c4ccc(-c5ccccc5)cc4)c3c2)CCc2c1n(-c1ccc3ccccc3c1)c1c2=CCCC=1. The topological polar surface area (TPSA) is 9.86 Å². The third kappa shape index (κ3) is 4.26. The number of nitrogens with zero attached hydrogens (tertiary/aromatic N) is 2. The highest BCUT2D eigenvalue weighted by Gasteiger charge is 2.22. The first-order valence-electron chi connectivity index (χ1n) is 17.1. The maximum Gasteiger partial charge on any atom is 0.0547 e. The van der Waals surface area contributed by atoms with Gasteiger partial charge in [-0.2, -0.15) is 0 Å². The zero-order chi connectivity index (χ0) is 31.6. The molecule has 6 aromatic carbocycles. The molecule has 48 heavy (non-hydrogen) atoms. The monoisotopic (exact) mass is 614 g/mol. The maximum atomic E-state index is 2.52. The number of aromatic nitrogens is 2. The van der Waals surface area contributed by atoms with Crippen molar-refractivity contribution in [3.8, 4) is 22.5 Å². The van der Waals surface area contributed by atoms with Crippen LogP contribution in [0, 0.1) is 0 Å². The van der Waals surface area contributed by atoms with Gasteiger partial charge in [0.25, 0.3) is 0 Å². The van der Waals surface area contributed by atoms with Crippen molar-refractivity contribution in [2.24, 2.45) is 0 Å². The van der Waals surface area contributed by atoms with Gasteiger partial charge < -0.3 is 9.13 Å². The van der Waals surface area contributed by atoms with Gasteiger partial charge in [0.1, 0.15) is 0 Å². The third-order valence-corrected chi connectivity index (χ3v) is 10.5. The summed E-state index contributed by atoms with van der Waals surface area (Å²) in [6.45, 7) is 0. The Bertz CT molecular complexity index is 2700. The zero-order valence-electron chi connectivity index (χ0n) is 26.7. The molecule has 8 aromatic rings. The average Bonchev–Trinajstić information content (AvgIpc) is 3.67. The molecular weight excluding hydrogens is 581 g/mol. The minimum absolute atomic E-state index is 1.03. The maximum absolute atomic E-state index is 2.52. The Morgan fingerprint density at radius 2 is 1.17 bits per heavy atom. The van der Waals surface area contributed by atoms with Gasteiger partial charge in [0, 0.05) is 27.5 Å². The summed E-state index contributed by atoms with van der Waals surface area (Å²) < 4.78 is 4.97. The summed E-state index contributed by atoms with van der Waals surface area (Å²) in [6, 6.07) is 51.2. The predicted molar refractivity (Wildman–Crippen MR) is 203 cm³/mol. The molecule has 2 nitrogen and oxygen atoms in total. The summed E-state index contributed by atoms with van der Waals surface area (Å²) in [4.78, 5) is 0. The number of fused-ring (bicyclic) bond motifs is 7. The van der Waals surface area contributed by atoms with E-state index in [1.54, 1.807) is 0 Å². The number of hydrogen-bond donors (Lipinski definition) is 0. The van der Waals surface area contributed by atoms with Gasteiger partial charge in [0.05, 0.1) is 16.7 Å². The van der Waals surface area contributed by atoms with Crippen molar-refractivity contribution in [1.29, 1.82) is 0 Å². The van der Waals surface area contributed by atoms with Crippen LogP contribution in [-0.4, -0.2) is 9.13 Å². The Hall–Kier alpha value is -5.86. The van der Waals surface area contributed by atoms with E-state index in [1.807, 2.05) is 0 Å². The molecule has 2 aromatic heterocycles. The Morgan fingerprint density at radius 1 is 0.458 bits per heavy atom. The third-order valence-electron chi connectivity index (χ3n) is 10.5. The van der Waals surface area contributed by atoms with E-state index < -0.39 is 0 Å². The first-order chi connectivity index (χ1) is 23.8. The minimum Gasteiger partial charge on any atom is -0.310 e. The average molecular weight is 615 g/mol. The van der Waals surface area contributed by atoms with Crippen LogP contribution in [0.5, 0.6) is 0 Å². The van der Waals surface area contributed by atoms with Crippen molar-refractivity contribution in [2.75, 3.05) is 0 Å². The van der Waals surface area contributed by atoms with E-state index in [4.69, 9.17) is 0 Å². The summed E-state index contributed by atoms with van der Waals surface area (Å²) in [5.74, 6) is 0. The lowest BCUT2D eigenvalue weighted by Crippen LogP contribution is -2.31. The molecule has 0 amide bonds. The van der Waals surface area contributed by atoms with Crippen molar-refractivity contribution in [3.05, 3.63) is 167 Å². The van der Waals surface area contributed by atoms with Crippen molar-refractivity contribution < 1.29 is 0 Å². The van der Waals surface area contributed by atoms with Gasteiger partial charge in [-0.3, -0.25) is 0 Å². The van der Waals surface area contributed by atoms with Gasteiger partial charge in [-0.05, 0) is 112 Å². The standard InChI is InChI=1S/C46H34N2/c1-2-10-31(11-3-1)33-18-23-37(24-19-33)47-43-16-8-6-14-39(43)41-26-21-35(29-45(41)47)36-22-27-42-40-15-7-9-17-44(40)48(46(42)30-36)38-25-20-32-12-4-5-13-34(32)28-38/h1-6,8,10-21,23-26,28-30H,7,9,22,27H2. The van der Waals surface area contributed by atoms with Crippen LogP contribution in [0.25, 0.3) is 78.9 Å². The largest absolute Gasteiger partial charge is 0.310 e. The van der Waals surface area contributed by atoms with Crippen LogP contribution < -0.4 is 10.6 Å². The van der Waals surface area contributed by atoms with Crippen LogP contribution in [-0.2, 0) is 6.42 Å². The molecule has 0 N–H and O–H groups in total. The normalized spacial score (nSPS) is 14.0. The molecule has 0 radical (unpaired) electrons. The highest BCUT2D eigenvalue weighted by molar-refractivity contribution is 6.10. The molecule has 0 bridgehead atoms. The highest BCUT2D eigenvalue weighted by Crippen LogP contribution is 2.37. The summed E-state index contributed by atoms with van der Waals surface area (Å²) in [5.41, 5.74) is 12.9. The molecule has 0 spiro atoms. The van der Waals surface area contributed by atoms with E-state index in [0.717, 1.165) is 25.7 Å². The Morgan fingerprint density at radius 3 is 2.06 bits per heavy atom. The fourth-order valence-electron chi connectivity index (χ4n) is 8.17. The summed E-state index contributed by atoms with van der Waals surface area (Å²) in [6.07, 6.45) is 11.7. The number of hydrogen-bond acceptors (Lipinski definition) is 0. The van der Waals surface area contributed by atoms with E-state index in [2.05, 4.69) is 167 Å². The van der Waals surface area contributed by atoms with Gasteiger partial charge in [-0.1, -0.05) is 115 Å². The van der Waals surface area contributed by atoms with E-state index in [-0.39, 0.29) is 0 Å². The Labute approximate surface area is 279 Å². The molecule has 0 aliphatic heterocycles. The van der Waals surface area contributed by atoms with Crippen LogP contribution in [0.3, 0.4) is 0 Å². The molecule has 228 valence electrons. The van der Waals surface area contributed by atoms with Gasteiger partial charge in [-0.25, -0.2) is 0 Å². The predicted octanol–water partition coefficient (Wildman–Crippen LogP) is 10.2. The first-order valence-corrected chi connectivity index (χ1v) is 17.1. The minimum atomic E-state index is 1.03. The molecule has 2 aliphatic carbocycles. The van der Waals surface area contributed by atoms with E-state index in [1.165, 1.54) is 88.0 Å². The second-order valence-corrected chi connectivity index (χ2v) is 13.2. The molecule has 2 heterocycles. The number of para-hydroxylation sites is 1. The van der Waals surface area contributed by atoms with E-state index in [0.29, 0.717) is 0 Å². The molecule has 0 unspecified atom stereocenters. The first kappa shape index (κ1) is 27.3. The summed E-state index contributed by atoms with van der Waals surface area (Å²) in [7, 11) is 0. The lowest BCUT2D eigenvalue weighted by molar-refractivity contribution is 0.959. The number of allylic oxidation sites excluding steroid dienone is 1. The molecular formula is C46H34N2. The summed E-state index contributed by atoms with van der Waals surface area (Å²) >= 11 is 0. The van der Waals surface area contributed by atoms with Gasteiger partial charge >= 0.3 is 0 Å². The van der Waals surface area contributed by atoms with Crippen molar-refractivity contribution >= 4 is 56.4 Å². The van der Waals surface area contributed by atoms with Crippen LogP contribution >= 0.6 is 0 Å². The van der Waals surface area contributed by atoms with Crippen molar-refractivity contribution in [2.45, 2.75) is 25.7 Å². The van der Waals surface area contributed by atoms with Crippen LogP contribution in [0.2, 0.25) is 0 Å². The fraction of sp³-hybridized carbons (Fsp3) is 0.0870. The van der Waals surface area contributed by atoms with E-state index in [9.17, 15) is 0 Å². The number of benzene rings is 6. The summed E-state index contributed by atoms with van der Waals surface area (Å²) in [5, 5.41) is 7.93. The quantitative estimate of drug-likeness (QED) is 0.187. The lowest BCUT2D eigenvalue weighted by atomic mass is 9.90. The van der Waals surface area contributed by atoms with Crippen molar-refractivity contribution in [1.82, 2.24) is 9.13 Å². The van der Waals surface area contributed by atoms with Gasteiger partial charge in [0.2, 0.25) is 0 Å². The van der Waals surface area contributed by atoms with Crippen LogP contribution in [0.4, 0.5) is 0 Å². The van der Waals surface area contributed by atoms with Crippen LogP contribution in [0.1, 0.15) is 36.1 Å². The Kier molecular flexibility index (Phi) is 6.17. The van der Waals surface area contributed by atoms with Gasteiger partial charge in [0.15, 0.2) is 0 Å². The molecule has 2 heteroatoms. The second kappa shape index (κ2) is 10.9. The van der Waals surface area contributed by atoms with Crippen molar-refractivity contribution in [3.63, 3.8) is 0 Å². The number of rotatable bonds is 4. The fourth-order valence-corrected chi connectivity index (χ4v) is 8.17. The Balaban J connectivity index is 1.14. The van der Waals surface area contributed by atoms with Crippen LogP contribution in [0.15, 0.2) is 140 Å². The molecule has 0 fully saturated rings. The molecule has 2 aliphatic rings. The lowest BCUT2D eigenvalue weighted by Gasteiger charge is -2.18. The highest BCUT2D eigenvalue weighted by atomic mass is 15.0. The molecule has 0 saturated carbocycles. The second-order valence-electron chi connectivity index (χ2n) is 13.2.